The van der Waals surface area contributed by atoms with Gasteiger partial charge in [-0.3, -0.25) is 4.90 Å². The van der Waals surface area contributed by atoms with Crippen molar-refractivity contribution in [1.82, 2.24) is 25.3 Å². The molecule has 2 amide bonds. The van der Waals surface area contributed by atoms with Gasteiger partial charge in [-0.1, -0.05) is 18.0 Å². The van der Waals surface area contributed by atoms with Crippen molar-refractivity contribution < 1.29 is 9.32 Å². The highest BCUT2D eigenvalue weighted by Crippen LogP contribution is 2.38. The molecule has 24 heavy (non-hydrogen) atoms. The molecule has 3 aliphatic rings. The van der Waals surface area contributed by atoms with Crippen LogP contribution >= 0.6 is 0 Å². The van der Waals surface area contributed by atoms with Crippen LogP contribution in [0.15, 0.2) is 4.52 Å². The molecule has 1 aliphatic heterocycles. The lowest BCUT2D eigenvalue weighted by molar-refractivity contribution is 0.132. The molecule has 0 atom stereocenters. The van der Waals surface area contributed by atoms with Gasteiger partial charge in [0.25, 0.3) is 0 Å². The van der Waals surface area contributed by atoms with Crippen molar-refractivity contribution in [3.05, 3.63) is 11.7 Å². The van der Waals surface area contributed by atoms with Crippen LogP contribution in [-0.4, -0.2) is 58.7 Å². The van der Waals surface area contributed by atoms with Crippen molar-refractivity contribution in [3.8, 4) is 0 Å². The second-order valence-electron chi connectivity index (χ2n) is 7.42. The number of urea groups is 1. The predicted octanol–water partition coefficient (Wildman–Crippen LogP) is 1.96. The number of rotatable bonds is 5. The lowest BCUT2D eigenvalue weighted by Crippen LogP contribution is -2.52. The third kappa shape index (κ3) is 3.88. The molecule has 1 aromatic rings. The Morgan fingerprint density at radius 1 is 1.12 bits per heavy atom. The van der Waals surface area contributed by atoms with Crippen LogP contribution in [0.2, 0.25) is 0 Å². The number of amides is 2. The fourth-order valence-corrected chi connectivity index (χ4v) is 3.69. The van der Waals surface area contributed by atoms with Gasteiger partial charge in [-0.25, -0.2) is 4.79 Å². The first-order valence-electron chi connectivity index (χ1n) is 9.35. The maximum atomic E-state index is 12.3. The van der Waals surface area contributed by atoms with Crippen LogP contribution in [0.4, 0.5) is 4.79 Å². The summed E-state index contributed by atoms with van der Waals surface area (Å²) in [5.41, 5.74) is 0. The van der Waals surface area contributed by atoms with Crippen LogP contribution in [0.5, 0.6) is 0 Å². The van der Waals surface area contributed by atoms with E-state index in [1.165, 1.54) is 38.5 Å². The predicted molar refractivity (Wildman–Crippen MR) is 88.5 cm³/mol. The van der Waals surface area contributed by atoms with Crippen molar-refractivity contribution in [2.24, 2.45) is 5.92 Å². The van der Waals surface area contributed by atoms with E-state index in [1.807, 2.05) is 4.90 Å². The molecular weight excluding hydrogens is 306 g/mol. The Kier molecular flexibility index (Phi) is 4.69. The van der Waals surface area contributed by atoms with Gasteiger partial charge in [0.15, 0.2) is 5.82 Å². The number of nitrogens with one attached hydrogen (secondary N) is 1. The highest BCUT2D eigenvalue weighted by atomic mass is 16.5. The van der Waals surface area contributed by atoms with Gasteiger partial charge in [0, 0.05) is 38.6 Å². The normalized spacial score (nSPS) is 22.9. The van der Waals surface area contributed by atoms with Crippen molar-refractivity contribution in [2.75, 3.05) is 32.7 Å². The number of carbonyl (C=O) groups is 1. The molecule has 7 nitrogen and oxygen atoms in total. The SMILES string of the molecule is O=C(NCC1CCCC1)N1CCN(Cc2noc(C3CC3)n2)CC1. The number of piperazine rings is 1. The second kappa shape index (κ2) is 7.09. The van der Waals surface area contributed by atoms with Crippen molar-refractivity contribution in [2.45, 2.75) is 51.0 Å². The number of hydrogen-bond donors (Lipinski definition) is 1. The summed E-state index contributed by atoms with van der Waals surface area (Å²) < 4.78 is 5.31. The molecule has 1 aromatic heterocycles. The minimum absolute atomic E-state index is 0.0946. The summed E-state index contributed by atoms with van der Waals surface area (Å²) in [4.78, 5) is 21.0. The number of nitrogens with zero attached hydrogens (tertiary/aromatic N) is 4. The summed E-state index contributed by atoms with van der Waals surface area (Å²) in [5, 5.41) is 7.19. The first-order chi connectivity index (χ1) is 11.8. The summed E-state index contributed by atoms with van der Waals surface area (Å²) in [5.74, 6) is 2.77. The van der Waals surface area contributed by atoms with E-state index in [-0.39, 0.29) is 6.03 Å². The Bertz CT molecular complexity index is 557. The molecule has 0 aromatic carbocycles. The van der Waals surface area contributed by atoms with E-state index in [0.717, 1.165) is 44.4 Å². The van der Waals surface area contributed by atoms with Gasteiger partial charge in [0.2, 0.25) is 5.89 Å². The molecule has 1 saturated heterocycles. The molecule has 0 bridgehead atoms. The average molecular weight is 333 g/mol. The molecule has 0 spiro atoms. The largest absolute Gasteiger partial charge is 0.339 e. The zero-order chi connectivity index (χ0) is 16.4. The highest BCUT2D eigenvalue weighted by Gasteiger charge is 2.30. The van der Waals surface area contributed by atoms with Gasteiger partial charge in [0.1, 0.15) is 0 Å². The van der Waals surface area contributed by atoms with Crippen molar-refractivity contribution in [1.29, 1.82) is 0 Å². The topological polar surface area (TPSA) is 74.5 Å². The Balaban J connectivity index is 1.18. The quantitative estimate of drug-likeness (QED) is 0.891. The number of aromatic nitrogens is 2. The van der Waals surface area contributed by atoms with Gasteiger partial charge >= 0.3 is 6.03 Å². The summed E-state index contributed by atoms with van der Waals surface area (Å²) in [6, 6.07) is 0.0946. The summed E-state index contributed by atoms with van der Waals surface area (Å²) >= 11 is 0. The van der Waals surface area contributed by atoms with E-state index < -0.39 is 0 Å². The molecule has 132 valence electrons. The Hall–Kier alpha value is -1.63. The Morgan fingerprint density at radius 2 is 1.88 bits per heavy atom. The molecule has 2 saturated carbocycles. The lowest BCUT2D eigenvalue weighted by atomic mass is 10.1. The van der Waals surface area contributed by atoms with E-state index >= 15 is 0 Å². The molecule has 0 radical (unpaired) electrons. The van der Waals surface area contributed by atoms with Crippen molar-refractivity contribution in [3.63, 3.8) is 0 Å². The third-order valence-electron chi connectivity index (χ3n) is 5.45. The molecular formula is C17H27N5O2. The second-order valence-corrected chi connectivity index (χ2v) is 7.42. The number of hydrogen-bond acceptors (Lipinski definition) is 5. The van der Waals surface area contributed by atoms with Crippen LogP contribution in [0, 0.1) is 5.92 Å². The lowest BCUT2D eigenvalue weighted by Gasteiger charge is -2.34. The zero-order valence-electron chi connectivity index (χ0n) is 14.2. The van der Waals surface area contributed by atoms with Gasteiger partial charge in [0.05, 0.1) is 6.54 Å². The molecule has 2 heterocycles. The fourth-order valence-electron chi connectivity index (χ4n) is 3.69. The van der Waals surface area contributed by atoms with Gasteiger partial charge in [-0.2, -0.15) is 4.98 Å². The molecule has 3 fully saturated rings. The van der Waals surface area contributed by atoms with E-state index in [4.69, 9.17) is 4.52 Å². The van der Waals surface area contributed by atoms with Gasteiger partial charge in [-0.05, 0) is 31.6 Å². The minimum atomic E-state index is 0.0946. The van der Waals surface area contributed by atoms with Crippen LogP contribution < -0.4 is 5.32 Å². The molecule has 1 N–H and O–H groups in total. The third-order valence-corrected chi connectivity index (χ3v) is 5.45. The van der Waals surface area contributed by atoms with Crippen molar-refractivity contribution >= 4 is 6.03 Å². The van der Waals surface area contributed by atoms with Gasteiger partial charge < -0.3 is 14.7 Å². The Labute approximate surface area is 142 Å². The Morgan fingerprint density at radius 3 is 2.58 bits per heavy atom. The molecule has 2 aliphatic carbocycles. The maximum absolute atomic E-state index is 12.3. The van der Waals surface area contributed by atoms with E-state index in [2.05, 4.69) is 20.4 Å². The summed E-state index contributed by atoms with van der Waals surface area (Å²) in [7, 11) is 0. The van der Waals surface area contributed by atoms with E-state index in [0.29, 0.717) is 18.4 Å². The first-order valence-corrected chi connectivity index (χ1v) is 9.35. The smallest absolute Gasteiger partial charge is 0.317 e. The standard InChI is InChI=1S/C17H27N5O2/c23-17(18-11-13-3-1-2-4-13)22-9-7-21(8-10-22)12-15-19-16(24-20-15)14-5-6-14/h13-14H,1-12H2,(H,18,23). The van der Waals surface area contributed by atoms with Crippen LogP contribution in [0.1, 0.15) is 56.2 Å². The monoisotopic (exact) mass is 333 g/mol. The van der Waals surface area contributed by atoms with Crippen LogP contribution in [-0.2, 0) is 6.54 Å². The highest BCUT2D eigenvalue weighted by molar-refractivity contribution is 5.74. The molecule has 4 rings (SSSR count). The maximum Gasteiger partial charge on any atom is 0.317 e. The fraction of sp³-hybridized carbons (Fsp3) is 0.824. The number of carbonyl (C=O) groups excluding carboxylic acids is 1. The minimum Gasteiger partial charge on any atom is -0.339 e. The zero-order valence-corrected chi connectivity index (χ0v) is 14.2. The van der Waals surface area contributed by atoms with E-state index in [9.17, 15) is 4.79 Å². The average Bonchev–Trinajstić information content (AvgIpc) is 3.13. The summed E-state index contributed by atoms with van der Waals surface area (Å²) in [6.07, 6.45) is 7.52. The van der Waals surface area contributed by atoms with Gasteiger partial charge in [-0.15, -0.1) is 0 Å². The molecule has 7 heteroatoms. The summed E-state index contributed by atoms with van der Waals surface area (Å²) in [6.45, 7) is 4.82. The van der Waals surface area contributed by atoms with E-state index in [1.54, 1.807) is 0 Å². The van der Waals surface area contributed by atoms with Crippen LogP contribution in [0.3, 0.4) is 0 Å². The van der Waals surface area contributed by atoms with Crippen LogP contribution in [0.25, 0.3) is 0 Å². The molecule has 0 unspecified atom stereocenters. The first kappa shape index (κ1) is 15.9.